The lowest BCUT2D eigenvalue weighted by molar-refractivity contribution is -0.121. The van der Waals surface area contributed by atoms with Gasteiger partial charge < -0.3 is 15.0 Å². The summed E-state index contributed by atoms with van der Waals surface area (Å²) in [6, 6.07) is 25.5. The standard InChI is InChI=1S/C25H24N2O2/c28-21-12-10-19(11-13-21)14-15-26-25(29)18-24(27-16-3-4-17-27)23-9-5-7-20-6-1-2-8-22(20)23/h1-13,16-17,24,28H,14-15,18H2,(H,26,29). The molecule has 4 aromatic rings. The van der Waals surface area contributed by atoms with Crippen LogP contribution in [0.5, 0.6) is 5.75 Å². The van der Waals surface area contributed by atoms with Crippen LogP contribution in [0.25, 0.3) is 10.8 Å². The first-order valence-electron chi connectivity index (χ1n) is 9.85. The lowest BCUT2D eigenvalue weighted by Gasteiger charge is -2.21. The van der Waals surface area contributed by atoms with E-state index in [1.807, 2.05) is 48.8 Å². The van der Waals surface area contributed by atoms with Gasteiger partial charge in [0.1, 0.15) is 5.75 Å². The fourth-order valence-corrected chi connectivity index (χ4v) is 3.73. The Bertz CT molecular complexity index is 1080. The van der Waals surface area contributed by atoms with Gasteiger partial charge in [0.05, 0.1) is 12.5 Å². The number of phenolic OH excluding ortho intramolecular Hbond substituents is 1. The highest BCUT2D eigenvalue weighted by molar-refractivity contribution is 5.87. The normalized spacial score (nSPS) is 12.0. The molecule has 0 aliphatic heterocycles. The van der Waals surface area contributed by atoms with Crippen LogP contribution in [0.3, 0.4) is 0 Å². The van der Waals surface area contributed by atoms with Gasteiger partial charge in [-0.25, -0.2) is 0 Å². The van der Waals surface area contributed by atoms with E-state index in [4.69, 9.17) is 0 Å². The van der Waals surface area contributed by atoms with E-state index in [9.17, 15) is 9.90 Å². The molecule has 0 aliphatic carbocycles. The summed E-state index contributed by atoms with van der Waals surface area (Å²) in [5.41, 5.74) is 2.23. The molecule has 146 valence electrons. The Labute approximate surface area is 170 Å². The summed E-state index contributed by atoms with van der Waals surface area (Å²) in [6.45, 7) is 0.567. The summed E-state index contributed by atoms with van der Waals surface area (Å²) >= 11 is 0. The smallest absolute Gasteiger partial charge is 0.222 e. The Kier molecular flexibility index (Phi) is 5.61. The molecular weight excluding hydrogens is 360 g/mol. The molecule has 0 spiro atoms. The van der Waals surface area contributed by atoms with Gasteiger partial charge in [0.25, 0.3) is 0 Å². The number of hydrogen-bond donors (Lipinski definition) is 2. The van der Waals surface area contributed by atoms with Crippen molar-refractivity contribution in [1.29, 1.82) is 0 Å². The van der Waals surface area contributed by atoms with Gasteiger partial charge >= 0.3 is 0 Å². The van der Waals surface area contributed by atoms with Gasteiger partial charge in [0.2, 0.25) is 5.91 Å². The maximum absolute atomic E-state index is 12.7. The molecule has 1 atom stereocenters. The Morgan fingerprint density at radius 1 is 0.897 bits per heavy atom. The van der Waals surface area contributed by atoms with E-state index < -0.39 is 0 Å². The molecule has 0 radical (unpaired) electrons. The summed E-state index contributed by atoms with van der Waals surface area (Å²) in [5, 5.41) is 14.8. The summed E-state index contributed by atoms with van der Waals surface area (Å²) in [6.07, 6.45) is 5.12. The average Bonchev–Trinajstić information content (AvgIpc) is 3.28. The molecular formula is C25H24N2O2. The van der Waals surface area contributed by atoms with Crippen LogP contribution in [0.1, 0.15) is 23.6 Å². The lowest BCUT2D eigenvalue weighted by atomic mass is 9.96. The van der Waals surface area contributed by atoms with E-state index in [0.717, 1.165) is 17.5 Å². The highest BCUT2D eigenvalue weighted by atomic mass is 16.3. The van der Waals surface area contributed by atoms with Gasteiger partial charge in [-0.05, 0) is 52.6 Å². The van der Waals surface area contributed by atoms with Crippen LogP contribution in [0.4, 0.5) is 0 Å². The molecule has 4 nitrogen and oxygen atoms in total. The Morgan fingerprint density at radius 2 is 1.62 bits per heavy atom. The predicted molar refractivity (Wildman–Crippen MR) is 116 cm³/mol. The molecule has 0 fully saturated rings. The number of rotatable bonds is 7. The fourth-order valence-electron chi connectivity index (χ4n) is 3.73. The molecule has 0 aliphatic rings. The first kappa shape index (κ1) is 18.8. The van der Waals surface area contributed by atoms with Crippen molar-refractivity contribution in [3.63, 3.8) is 0 Å². The molecule has 1 aromatic heterocycles. The number of aromatic hydroxyl groups is 1. The quantitative estimate of drug-likeness (QED) is 0.486. The summed E-state index contributed by atoms with van der Waals surface area (Å²) in [4.78, 5) is 12.7. The van der Waals surface area contributed by atoms with Crippen molar-refractivity contribution in [2.75, 3.05) is 6.54 Å². The van der Waals surface area contributed by atoms with Crippen LogP contribution in [0, 0.1) is 0 Å². The van der Waals surface area contributed by atoms with Crippen molar-refractivity contribution in [3.05, 3.63) is 102 Å². The van der Waals surface area contributed by atoms with Crippen molar-refractivity contribution in [1.82, 2.24) is 9.88 Å². The molecule has 2 N–H and O–H groups in total. The van der Waals surface area contributed by atoms with E-state index in [2.05, 4.69) is 40.2 Å². The minimum atomic E-state index is -0.0650. The van der Waals surface area contributed by atoms with Crippen LogP contribution in [-0.4, -0.2) is 22.1 Å². The van der Waals surface area contributed by atoms with E-state index in [1.54, 1.807) is 12.1 Å². The Balaban J connectivity index is 1.49. The first-order chi connectivity index (χ1) is 14.2. The zero-order valence-corrected chi connectivity index (χ0v) is 16.2. The van der Waals surface area contributed by atoms with Crippen molar-refractivity contribution in [3.8, 4) is 5.75 Å². The number of nitrogens with zero attached hydrogens (tertiary/aromatic N) is 1. The SMILES string of the molecule is O=C(CC(c1cccc2ccccc12)n1cccc1)NCCc1ccc(O)cc1. The third kappa shape index (κ3) is 4.49. The molecule has 4 heteroatoms. The lowest BCUT2D eigenvalue weighted by Crippen LogP contribution is -2.28. The van der Waals surface area contributed by atoms with Crippen LogP contribution in [-0.2, 0) is 11.2 Å². The van der Waals surface area contributed by atoms with E-state index in [0.29, 0.717) is 13.0 Å². The molecule has 1 unspecified atom stereocenters. The largest absolute Gasteiger partial charge is 0.508 e. The second kappa shape index (κ2) is 8.65. The minimum Gasteiger partial charge on any atom is -0.508 e. The summed E-state index contributed by atoms with van der Waals surface area (Å²) in [7, 11) is 0. The molecule has 3 aromatic carbocycles. The highest BCUT2D eigenvalue weighted by Gasteiger charge is 2.19. The van der Waals surface area contributed by atoms with E-state index in [-0.39, 0.29) is 17.7 Å². The molecule has 1 amide bonds. The molecule has 0 saturated carbocycles. The molecule has 0 saturated heterocycles. The maximum Gasteiger partial charge on any atom is 0.222 e. The number of nitrogens with one attached hydrogen (secondary N) is 1. The van der Waals surface area contributed by atoms with Crippen LogP contribution >= 0.6 is 0 Å². The Hall–Kier alpha value is -3.53. The van der Waals surface area contributed by atoms with Crippen LogP contribution in [0.2, 0.25) is 0 Å². The topological polar surface area (TPSA) is 54.3 Å². The van der Waals surface area contributed by atoms with Crippen molar-refractivity contribution in [2.45, 2.75) is 18.9 Å². The minimum absolute atomic E-state index is 0.0235. The maximum atomic E-state index is 12.7. The average molecular weight is 384 g/mol. The van der Waals surface area contributed by atoms with Gasteiger partial charge in [-0.2, -0.15) is 0 Å². The zero-order valence-electron chi connectivity index (χ0n) is 16.2. The third-order valence-electron chi connectivity index (χ3n) is 5.22. The highest BCUT2D eigenvalue weighted by Crippen LogP contribution is 2.29. The number of fused-ring (bicyclic) bond motifs is 1. The van der Waals surface area contributed by atoms with Crippen molar-refractivity contribution < 1.29 is 9.90 Å². The van der Waals surface area contributed by atoms with Gasteiger partial charge in [0.15, 0.2) is 0 Å². The Morgan fingerprint density at radius 3 is 2.41 bits per heavy atom. The zero-order chi connectivity index (χ0) is 20.1. The molecule has 0 bridgehead atoms. The van der Waals surface area contributed by atoms with Gasteiger partial charge in [-0.1, -0.05) is 54.6 Å². The monoisotopic (exact) mass is 384 g/mol. The van der Waals surface area contributed by atoms with Crippen LogP contribution < -0.4 is 5.32 Å². The number of aromatic nitrogens is 1. The summed E-state index contributed by atoms with van der Waals surface area (Å²) in [5.74, 6) is 0.276. The van der Waals surface area contributed by atoms with Gasteiger partial charge in [0, 0.05) is 18.9 Å². The number of hydrogen-bond acceptors (Lipinski definition) is 2. The van der Waals surface area contributed by atoms with Gasteiger partial charge in [-0.15, -0.1) is 0 Å². The number of carbonyl (C=O) groups excluding carboxylic acids is 1. The predicted octanol–water partition coefficient (Wildman–Crippen LogP) is 4.69. The second-order valence-corrected chi connectivity index (χ2v) is 7.18. The number of amides is 1. The third-order valence-corrected chi connectivity index (χ3v) is 5.22. The van der Waals surface area contributed by atoms with E-state index in [1.165, 1.54) is 10.8 Å². The van der Waals surface area contributed by atoms with Crippen molar-refractivity contribution >= 4 is 16.7 Å². The molecule has 4 rings (SSSR count). The van der Waals surface area contributed by atoms with Crippen molar-refractivity contribution in [2.24, 2.45) is 0 Å². The van der Waals surface area contributed by atoms with E-state index >= 15 is 0 Å². The van der Waals surface area contributed by atoms with Crippen LogP contribution in [0.15, 0.2) is 91.3 Å². The molecule has 1 heterocycles. The summed E-state index contributed by atoms with van der Waals surface area (Å²) < 4.78 is 2.10. The number of benzene rings is 3. The number of phenols is 1. The fraction of sp³-hybridized carbons (Fsp3) is 0.160. The first-order valence-corrected chi connectivity index (χ1v) is 9.85. The van der Waals surface area contributed by atoms with Gasteiger partial charge in [-0.3, -0.25) is 4.79 Å². The number of carbonyl (C=O) groups is 1. The molecule has 29 heavy (non-hydrogen) atoms. The second-order valence-electron chi connectivity index (χ2n) is 7.18.